The van der Waals surface area contributed by atoms with E-state index in [-0.39, 0.29) is 91.2 Å². The molecule has 0 unspecified atom stereocenters. The highest BCUT2D eigenvalue weighted by Crippen LogP contribution is 2.42. The lowest BCUT2D eigenvalue weighted by Crippen LogP contribution is -2.44. The molecule has 4 aromatic carbocycles. The molecule has 0 atom stereocenters. The van der Waals surface area contributed by atoms with Crippen LogP contribution in [0.1, 0.15) is 41.4 Å². The van der Waals surface area contributed by atoms with Crippen molar-refractivity contribution < 1.29 is 153 Å². The van der Waals surface area contributed by atoms with Gasteiger partial charge >= 0.3 is 48.5 Å². The summed E-state index contributed by atoms with van der Waals surface area (Å²) in [5.41, 5.74) is -3.67. The Hall–Kier alpha value is -10.6. The van der Waals surface area contributed by atoms with Crippen LogP contribution in [0.5, 0.6) is 69.0 Å². The summed E-state index contributed by atoms with van der Waals surface area (Å²) in [7, 11) is 15.2. The van der Waals surface area contributed by atoms with Crippen molar-refractivity contribution in [3.63, 3.8) is 0 Å². The fraction of sp³-hybridized carbons (Fsp3) is 0.347. The minimum Gasteiger partial charge on any atom is -0.493 e. The lowest BCUT2D eigenvalue weighted by atomic mass is 9.92. The van der Waals surface area contributed by atoms with E-state index >= 15 is 0 Å². The molecule has 0 saturated carbocycles. The maximum atomic E-state index is 13.1. The van der Waals surface area contributed by atoms with Gasteiger partial charge in [-0.2, -0.15) is 19.2 Å². The molecule has 0 aliphatic heterocycles. The normalized spacial score (nSPS) is 10.3. The first kappa shape index (κ1) is 63.0. The Morgan fingerprint density at radius 2 is 0.420 bits per heavy atom. The molecule has 0 radical (unpaired) electrons. The maximum absolute atomic E-state index is 13.1. The zero-order valence-electron chi connectivity index (χ0n) is 45.0. The van der Waals surface area contributed by atoms with E-state index in [0.717, 1.165) is 48.5 Å². The number of hydrogen-bond donors (Lipinski definition) is 0. The number of carbonyl (C=O) groups is 8. The van der Waals surface area contributed by atoms with Gasteiger partial charge in [0.25, 0.3) is 0 Å². The molecule has 4 aromatic rings. The molecule has 0 aliphatic carbocycles. The van der Waals surface area contributed by atoms with Crippen molar-refractivity contribution in [3.05, 3.63) is 70.8 Å². The van der Waals surface area contributed by atoms with Crippen LogP contribution in [-0.2, 0) is 58.0 Å². The number of hydrogen-bond acceptors (Lipinski definition) is 32. The Labute approximate surface area is 457 Å². The SMILES string of the molecule is COc1cc(C(=O)OOC(=O)OCC(COC(=O)OOC(=O)c2cc(OC)c(OC)c(OC)c2)(COC(=O)OOC(=O)c2cc(OC)c(OC)c(OC)c2)COC(=O)OOC(=O)c2cc(OC)c(OC)c(OC)c2)cc(OC)c1OC. The summed E-state index contributed by atoms with van der Waals surface area (Å²) in [6, 6.07) is 9.10. The average Bonchev–Trinajstić information content (AvgIpc) is 3.51. The van der Waals surface area contributed by atoms with Gasteiger partial charge < -0.3 is 75.8 Å². The van der Waals surface area contributed by atoms with Crippen molar-refractivity contribution in [2.24, 2.45) is 5.41 Å². The third kappa shape index (κ3) is 16.7. The molecule has 440 valence electrons. The summed E-state index contributed by atoms with van der Waals surface area (Å²) in [4.78, 5) is 141. The third-order valence-electron chi connectivity index (χ3n) is 10.3. The van der Waals surface area contributed by atoms with Gasteiger partial charge in [-0.25, -0.2) is 58.3 Å². The highest BCUT2D eigenvalue weighted by atomic mass is 17.3. The summed E-state index contributed by atoms with van der Waals surface area (Å²) in [6.45, 7) is -5.04. The first-order valence-corrected chi connectivity index (χ1v) is 22.3. The highest BCUT2D eigenvalue weighted by Gasteiger charge is 2.40. The summed E-state index contributed by atoms with van der Waals surface area (Å²) < 4.78 is 83.1. The van der Waals surface area contributed by atoms with E-state index in [1.54, 1.807) is 0 Å². The van der Waals surface area contributed by atoms with Gasteiger partial charge in [0.15, 0.2) is 46.0 Å². The van der Waals surface area contributed by atoms with Crippen LogP contribution in [0.4, 0.5) is 19.2 Å². The number of ether oxygens (including phenoxy) is 16. The topological polar surface area (TPSA) is 358 Å². The van der Waals surface area contributed by atoms with E-state index in [2.05, 4.69) is 39.1 Å². The second-order valence-electron chi connectivity index (χ2n) is 15.1. The Balaban J connectivity index is 1.64. The molecule has 0 fully saturated rings. The maximum Gasteiger partial charge on any atom is 0.549 e. The second-order valence-corrected chi connectivity index (χ2v) is 15.1. The Bertz CT molecular complexity index is 2410. The lowest BCUT2D eigenvalue weighted by Gasteiger charge is -2.30. The smallest absolute Gasteiger partial charge is 0.493 e. The van der Waals surface area contributed by atoms with Crippen LogP contribution in [0.2, 0.25) is 0 Å². The van der Waals surface area contributed by atoms with Crippen molar-refractivity contribution >= 4 is 48.5 Å². The highest BCUT2D eigenvalue weighted by molar-refractivity contribution is 5.93. The minimum absolute atomic E-state index is 0.00498. The Kier molecular flexibility index (Phi) is 23.6. The summed E-state index contributed by atoms with van der Waals surface area (Å²) in [6.07, 6.45) is -7.37. The molecular weight excluding hydrogens is 1100 g/mol. The minimum atomic E-state index is -2.45. The van der Waals surface area contributed by atoms with Crippen LogP contribution in [0.3, 0.4) is 0 Å². The molecule has 0 spiro atoms. The van der Waals surface area contributed by atoms with Crippen LogP contribution in [-0.4, -0.2) is 160 Å². The molecule has 0 saturated heterocycles. The van der Waals surface area contributed by atoms with Crippen molar-refractivity contribution in [2.45, 2.75) is 0 Å². The fourth-order valence-electron chi connectivity index (χ4n) is 6.47. The molecular formula is C49H52O32. The zero-order valence-corrected chi connectivity index (χ0v) is 45.0. The number of benzene rings is 4. The van der Waals surface area contributed by atoms with Gasteiger partial charge in [0.05, 0.1) is 108 Å². The molecule has 0 heterocycles. The van der Waals surface area contributed by atoms with Crippen molar-refractivity contribution in [3.8, 4) is 69.0 Å². The number of carbonyl (C=O) groups excluding carboxylic acids is 8. The third-order valence-corrected chi connectivity index (χ3v) is 10.3. The van der Waals surface area contributed by atoms with Crippen molar-refractivity contribution in [1.82, 2.24) is 0 Å². The second kappa shape index (κ2) is 30.4. The molecule has 0 amide bonds. The van der Waals surface area contributed by atoms with Gasteiger partial charge in [0.1, 0.15) is 31.8 Å². The van der Waals surface area contributed by atoms with Gasteiger partial charge in [-0.05, 0) is 48.5 Å². The van der Waals surface area contributed by atoms with Gasteiger partial charge in [0, 0.05) is 0 Å². The molecule has 4 rings (SSSR count). The number of methoxy groups -OCH3 is 12. The summed E-state index contributed by atoms with van der Waals surface area (Å²) in [5.74, 6) is -5.02. The van der Waals surface area contributed by atoms with E-state index in [9.17, 15) is 38.4 Å². The Morgan fingerprint density at radius 1 is 0.259 bits per heavy atom. The van der Waals surface area contributed by atoms with Crippen LogP contribution < -0.4 is 56.8 Å². The Morgan fingerprint density at radius 3 is 0.556 bits per heavy atom. The first-order chi connectivity index (χ1) is 38.8. The van der Waals surface area contributed by atoms with Gasteiger partial charge in [-0.1, -0.05) is 0 Å². The standard InChI is InChI=1S/C49H52O32/c1-58-29-13-25(14-30(59-2)37(29)66-9)41(50)74-78-45(54)70-21-49(22-71-46(55)79-75-42(51)26-15-31(60-3)38(67-10)32(16-26)61-4,23-72-47(56)80-76-43(52)27-17-33(62-5)39(68-11)34(18-27)63-6)24-73-48(57)81-77-44(53)28-19-35(64-7)40(69-12)36(20-28)65-8/h13-20H,21-24H2,1-12H3. The molecule has 0 bridgehead atoms. The van der Waals surface area contributed by atoms with E-state index in [0.29, 0.717) is 0 Å². The molecule has 32 nitrogen and oxygen atoms in total. The van der Waals surface area contributed by atoms with Crippen LogP contribution in [0.15, 0.2) is 48.5 Å². The first-order valence-electron chi connectivity index (χ1n) is 22.3. The molecule has 0 aliphatic rings. The van der Waals surface area contributed by atoms with E-state index in [1.165, 1.54) is 85.3 Å². The predicted molar refractivity (Wildman–Crippen MR) is 258 cm³/mol. The average molecular weight is 1150 g/mol. The van der Waals surface area contributed by atoms with Crippen molar-refractivity contribution in [1.29, 1.82) is 0 Å². The van der Waals surface area contributed by atoms with Crippen LogP contribution >= 0.6 is 0 Å². The molecule has 0 aromatic heterocycles. The fourth-order valence-corrected chi connectivity index (χ4v) is 6.47. The van der Waals surface area contributed by atoms with E-state index in [4.69, 9.17) is 75.8 Å². The van der Waals surface area contributed by atoms with E-state index < -0.39 is 80.3 Å². The number of rotatable bonds is 24. The largest absolute Gasteiger partial charge is 0.549 e. The van der Waals surface area contributed by atoms with Gasteiger partial charge in [0.2, 0.25) is 23.0 Å². The summed E-state index contributed by atoms with van der Waals surface area (Å²) >= 11 is 0. The lowest BCUT2D eigenvalue weighted by molar-refractivity contribution is -0.223. The van der Waals surface area contributed by atoms with E-state index in [1.807, 2.05) is 0 Å². The van der Waals surface area contributed by atoms with Crippen LogP contribution in [0, 0.1) is 5.41 Å². The van der Waals surface area contributed by atoms with Crippen LogP contribution in [0.25, 0.3) is 0 Å². The monoisotopic (exact) mass is 1150 g/mol. The van der Waals surface area contributed by atoms with Gasteiger partial charge in [-0.3, -0.25) is 0 Å². The van der Waals surface area contributed by atoms with Crippen molar-refractivity contribution in [2.75, 3.05) is 112 Å². The quantitative estimate of drug-likeness (QED) is 0.0347. The molecule has 81 heavy (non-hydrogen) atoms. The molecule has 32 heteroatoms. The predicted octanol–water partition coefficient (Wildman–Crippen LogP) is 5.78. The zero-order chi connectivity index (χ0) is 59.8. The summed E-state index contributed by atoms with van der Waals surface area (Å²) in [5, 5.41) is 0. The molecule has 0 N–H and O–H groups in total. The van der Waals surface area contributed by atoms with Gasteiger partial charge in [-0.15, -0.1) is 0 Å².